The van der Waals surface area contributed by atoms with E-state index in [1.165, 1.54) is 11.5 Å². The molecular weight excluding hydrogens is 414 g/mol. The number of anilines is 1. The Bertz CT molecular complexity index is 1030. The van der Waals surface area contributed by atoms with Gasteiger partial charge in [-0.05, 0) is 75.1 Å². The molecule has 1 aromatic heterocycles. The van der Waals surface area contributed by atoms with Gasteiger partial charge in [0.2, 0.25) is 0 Å². The molecule has 2 aromatic carbocycles. The second-order valence-electron chi connectivity index (χ2n) is 7.96. The van der Waals surface area contributed by atoms with Gasteiger partial charge in [0.05, 0.1) is 4.70 Å². The van der Waals surface area contributed by atoms with Crippen molar-refractivity contribution in [3.63, 3.8) is 0 Å². The Morgan fingerprint density at radius 1 is 1.03 bits per heavy atom. The molecule has 3 aromatic rings. The molecule has 0 radical (unpaired) electrons. The summed E-state index contributed by atoms with van der Waals surface area (Å²) in [5, 5.41) is 7.34. The van der Waals surface area contributed by atoms with E-state index in [-0.39, 0.29) is 12.5 Å². The molecular formula is C23H27N3O4S. The van der Waals surface area contributed by atoms with Crippen LogP contribution in [-0.4, -0.2) is 41.5 Å². The van der Waals surface area contributed by atoms with Crippen LogP contribution in [0.2, 0.25) is 0 Å². The Morgan fingerprint density at radius 3 is 2.52 bits per heavy atom. The van der Waals surface area contributed by atoms with Crippen molar-refractivity contribution in [2.45, 2.75) is 32.8 Å². The molecule has 0 unspecified atom stereocenters. The van der Waals surface area contributed by atoms with Gasteiger partial charge in [0, 0.05) is 24.0 Å². The molecule has 164 valence electrons. The lowest BCUT2D eigenvalue weighted by Gasteiger charge is -2.19. The van der Waals surface area contributed by atoms with Crippen molar-refractivity contribution in [1.29, 1.82) is 0 Å². The van der Waals surface area contributed by atoms with E-state index >= 15 is 0 Å². The van der Waals surface area contributed by atoms with Crippen molar-refractivity contribution < 1.29 is 19.1 Å². The summed E-state index contributed by atoms with van der Waals surface area (Å²) in [6.45, 7) is 6.49. The van der Waals surface area contributed by atoms with Crippen molar-refractivity contribution in [3.8, 4) is 5.75 Å². The molecule has 1 heterocycles. The predicted molar refractivity (Wildman–Crippen MR) is 123 cm³/mol. The first-order valence-electron chi connectivity index (χ1n) is 10.1. The number of nitrogens with one attached hydrogen (secondary N) is 2. The summed E-state index contributed by atoms with van der Waals surface area (Å²) >= 11 is 1.47. The fourth-order valence-electron chi connectivity index (χ4n) is 2.83. The number of hydrogen-bond donors (Lipinski definition) is 2. The normalized spacial score (nSPS) is 11.2. The third-order valence-corrected chi connectivity index (χ3v) is 5.03. The van der Waals surface area contributed by atoms with Crippen LogP contribution in [0, 0.1) is 0 Å². The van der Waals surface area contributed by atoms with Crippen LogP contribution in [-0.2, 0) is 9.53 Å². The largest absolute Gasteiger partial charge is 0.482 e. The van der Waals surface area contributed by atoms with Crippen molar-refractivity contribution in [3.05, 3.63) is 54.1 Å². The van der Waals surface area contributed by atoms with E-state index < -0.39 is 11.6 Å². The number of carbonyl (C=O) groups excluding carboxylic acids is 2. The monoisotopic (exact) mass is 441 g/mol. The van der Waals surface area contributed by atoms with Crippen LogP contribution in [0.3, 0.4) is 0 Å². The molecule has 0 bridgehead atoms. The molecule has 0 atom stereocenters. The minimum Gasteiger partial charge on any atom is -0.482 e. The van der Waals surface area contributed by atoms with E-state index in [1.807, 2.05) is 24.3 Å². The first kappa shape index (κ1) is 22.6. The van der Waals surface area contributed by atoms with Crippen molar-refractivity contribution in [2.24, 2.45) is 0 Å². The maximum absolute atomic E-state index is 12.3. The van der Waals surface area contributed by atoms with Gasteiger partial charge in [-0.2, -0.15) is 4.37 Å². The average molecular weight is 442 g/mol. The number of carbonyl (C=O) groups is 2. The maximum Gasteiger partial charge on any atom is 0.344 e. The smallest absolute Gasteiger partial charge is 0.344 e. The number of esters is 1. The number of aromatic nitrogens is 1. The van der Waals surface area contributed by atoms with E-state index in [1.54, 1.807) is 45.0 Å². The molecule has 0 aliphatic carbocycles. The highest BCUT2D eigenvalue weighted by Gasteiger charge is 2.16. The fourth-order valence-corrected chi connectivity index (χ4v) is 3.58. The Labute approximate surface area is 185 Å². The molecule has 1 amide bonds. The fraction of sp³-hybridized carbons (Fsp3) is 0.348. The van der Waals surface area contributed by atoms with Crippen LogP contribution in [0.1, 0.15) is 37.6 Å². The lowest BCUT2D eigenvalue weighted by molar-refractivity contribution is -0.157. The van der Waals surface area contributed by atoms with Crippen molar-refractivity contribution in [2.75, 3.05) is 25.0 Å². The topological polar surface area (TPSA) is 89.5 Å². The minimum atomic E-state index is -0.550. The lowest BCUT2D eigenvalue weighted by atomic mass is 10.2. The molecule has 0 saturated heterocycles. The van der Waals surface area contributed by atoms with Gasteiger partial charge in [-0.1, -0.05) is 12.1 Å². The van der Waals surface area contributed by atoms with E-state index in [2.05, 4.69) is 15.0 Å². The Balaban J connectivity index is 1.37. The third kappa shape index (κ3) is 6.96. The zero-order valence-corrected chi connectivity index (χ0v) is 18.8. The van der Waals surface area contributed by atoms with Gasteiger partial charge in [-0.3, -0.25) is 4.79 Å². The highest BCUT2D eigenvalue weighted by Crippen LogP contribution is 2.25. The van der Waals surface area contributed by atoms with Gasteiger partial charge in [-0.25, -0.2) is 4.79 Å². The summed E-state index contributed by atoms with van der Waals surface area (Å²) in [4.78, 5) is 24.0. The lowest BCUT2D eigenvalue weighted by Crippen LogP contribution is -2.27. The zero-order valence-electron chi connectivity index (χ0n) is 17.9. The van der Waals surface area contributed by atoms with Gasteiger partial charge in [0.15, 0.2) is 6.61 Å². The second kappa shape index (κ2) is 10.3. The number of rotatable bonds is 9. The van der Waals surface area contributed by atoms with Crippen LogP contribution in [0.25, 0.3) is 10.1 Å². The number of nitrogens with zero attached hydrogens (tertiary/aromatic N) is 1. The Hall–Kier alpha value is -3.13. The van der Waals surface area contributed by atoms with Crippen LogP contribution in [0.15, 0.2) is 48.5 Å². The number of fused-ring (bicyclic) bond motifs is 1. The van der Waals surface area contributed by atoms with Crippen molar-refractivity contribution >= 4 is 39.3 Å². The Kier molecular flexibility index (Phi) is 7.46. The van der Waals surface area contributed by atoms with Gasteiger partial charge in [-0.15, -0.1) is 0 Å². The van der Waals surface area contributed by atoms with E-state index in [4.69, 9.17) is 9.47 Å². The summed E-state index contributed by atoms with van der Waals surface area (Å²) < 4.78 is 16.2. The SMILES string of the molecule is CC(C)(C)OC(=O)COc1ccc(C(=O)NCCCNc2nsc3ccccc23)cc1. The van der Waals surface area contributed by atoms with Crippen molar-refractivity contribution in [1.82, 2.24) is 9.69 Å². The number of amides is 1. The molecule has 0 aliphatic rings. The number of hydrogen-bond acceptors (Lipinski definition) is 7. The van der Waals surface area contributed by atoms with Gasteiger partial charge < -0.3 is 20.1 Å². The average Bonchev–Trinajstić information content (AvgIpc) is 3.14. The molecule has 0 saturated carbocycles. The first-order chi connectivity index (χ1) is 14.8. The highest BCUT2D eigenvalue weighted by atomic mass is 32.1. The first-order valence-corrected chi connectivity index (χ1v) is 10.9. The van der Waals surface area contributed by atoms with E-state index in [0.29, 0.717) is 24.4 Å². The molecule has 0 fully saturated rings. The van der Waals surface area contributed by atoms with Gasteiger partial charge in [0.25, 0.3) is 5.91 Å². The summed E-state index contributed by atoms with van der Waals surface area (Å²) in [5.74, 6) is 0.794. The summed E-state index contributed by atoms with van der Waals surface area (Å²) in [6, 6.07) is 14.7. The molecule has 8 heteroatoms. The molecule has 31 heavy (non-hydrogen) atoms. The van der Waals surface area contributed by atoms with E-state index in [0.717, 1.165) is 22.3 Å². The predicted octanol–water partition coefficient (Wildman–Crippen LogP) is 4.25. The summed E-state index contributed by atoms with van der Waals surface area (Å²) in [6.07, 6.45) is 0.772. The second-order valence-corrected chi connectivity index (χ2v) is 8.77. The summed E-state index contributed by atoms with van der Waals surface area (Å²) in [7, 11) is 0. The van der Waals surface area contributed by atoms with Gasteiger partial charge in [0.1, 0.15) is 17.2 Å². The zero-order chi connectivity index (χ0) is 22.3. The van der Waals surface area contributed by atoms with Gasteiger partial charge >= 0.3 is 5.97 Å². The number of ether oxygens (including phenoxy) is 2. The van der Waals surface area contributed by atoms with Crippen LogP contribution >= 0.6 is 11.5 Å². The standard InChI is InChI=1S/C23H27N3O4S/c1-23(2,3)30-20(27)15-29-17-11-9-16(10-12-17)22(28)25-14-6-13-24-21-18-7-4-5-8-19(18)31-26-21/h4-5,7-12H,6,13-15H2,1-3H3,(H,24,26)(H,25,28). The van der Waals surface area contributed by atoms with Crippen LogP contribution < -0.4 is 15.4 Å². The Morgan fingerprint density at radius 2 is 1.77 bits per heavy atom. The molecule has 0 spiro atoms. The van der Waals surface area contributed by atoms with Crippen LogP contribution in [0.4, 0.5) is 5.82 Å². The molecule has 3 rings (SSSR count). The molecule has 2 N–H and O–H groups in total. The van der Waals surface area contributed by atoms with Crippen LogP contribution in [0.5, 0.6) is 5.75 Å². The summed E-state index contributed by atoms with van der Waals surface area (Å²) in [5.41, 5.74) is -0.0191. The minimum absolute atomic E-state index is 0.155. The highest BCUT2D eigenvalue weighted by molar-refractivity contribution is 7.13. The molecule has 7 nitrogen and oxygen atoms in total. The molecule has 0 aliphatic heterocycles. The number of benzene rings is 2. The quantitative estimate of drug-likeness (QED) is 0.381. The van der Waals surface area contributed by atoms with E-state index in [9.17, 15) is 9.59 Å². The third-order valence-electron chi connectivity index (χ3n) is 4.20. The maximum atomic E-state index is 12.3.